The number of fused-ring (bicyclic) bond motifs is 1. The van der Waals surface area contributed by atoms with E-state index in [9.17, 15) is 33.0 Å². The zero-order valence-corrected chi connectivity index (χ0v) is 18.3. The Hall–Kier alpha value is -3.49. The van der Waals surface area contributed by atoms with Gasteiger partial charge < -0.3 is 14.9 Å². The van der Waals surface area contributed by atoms with Crippen molar-refractivity contribution in [2.45, 2.75) is 45.9 Å². The normalized spacial score (nSPS) is 13.6. The van der Waals surface area contributed by atoms with Gasteiger partial charge in [0.25, 0.3) is 5.91 Å². The summed E-state index contributed by atoms with van der Waals surface area (Å²) >= 11 is 0. The number of carboxylic acids is 1. The number of hydrogen-bond donors (Lipinski definition) is 2. The first-order valence-corrected chi connectivity index (χ1v) is 10.4. The van der Waals surface area contributed by atoms with Crippen LogP contribution in [0.15, 0.2) is 42.5 Å². The average Bonchev–Trinajstić information content (AvgIpc) is 3.01. The Bertz CT molecular complexity index is 1180. The minimum absolute atomic E-state index is 0.0744. The predicted octanol–water partition coefficient (Wildman–Crippen LogP) is 5.85. The number of benzene rings is 2. The standard InChI is InChI=1S/C24H24F3NO5/c1-4-13(2)11-19(23(31)32)21-14(3)28(20-10-7-16(29)12-18(20)21)22(30)15-5-8-17(9-6-15)33-24(25,26)27/h5-10,12-13,19,29H,4,11H2,1-3H3,(H,31,32)/t13?,19-/m0/s1. The van der Waals surface area contributed by atoms with Gasteiger partial charge in [0, 0.05) is 16.6 Å². The van der Waals surface area contributed by atoms with Crippen LogP contribution in [-0.2, 0) is 4.79 Å². The lowest BCUT2D eigenvalue weighted by Gasteiger charge is -2.17. The van der Waals surface area contributed by atoms with Crippen molar-refractivity contribution in [3.05, 3.63) is 59.3 Å². The molecule has 9 heteroatoms. The van der Waals surface area contributed by atoms with Crippen LogP contribution in [0.25, 0.3) is 10.9 Å². The number of aromatic hydroxyl groups is 1. The molecule has 0 amide bonds. The molecule has 2 N–H and O–H groups in total. The van der Waals surface area contributed by atoms with Gasteiger partial charge in [-0.2, -0.15) is 0 Å². The van der Waals surface area contributed by atoms with Crippen LogP contribution < -0.4 is 4.74 Å². The van der Waals surface area contributed by atoms with Gasteiger partial charge in [0.15, 0.2) is 0 Å². The SMILES string of the molecule is CCC(C)C[C@H](C(=O)O)c1c(C)n(C(=O)c2ccc(OC(F)(F)F)cc2)c2ccc(O)cc12. The number of carbonyl (C=O) groups excluding carboxylic acids is 1. The summed E-state index contributed by atoms with van der Waals surface area (Å²) in [6.07, 6.45) is -3.73. The molecule has 6 nitrogen and oxygen atoms in total. The van der Waals surface area contributed by atoms with E-state index in [1.165, 1.54) is 34.9 Å². The van der Waals surface area contributed by atoms with Gasteiger partial charge in [0.2, 0.25) is 0 Å². The Labute approximate surface area is 188 Å². The first-order valence-electron chi connectivity index (χ1n) is 10.4. The van der Waals surface area contributed by atoms with E-state index in [1.54, 1.807) is 6.92 Å². The van der Waals surface area contributed by atoms with E-state index in [2.05, 4.69) is 4.74 Å². The van der Waals surface area contributed by atoms with Gasteiger partial charge in [-0.15, -0.1) is 13.2 Å². The van der Waals surface area contributed by atoms with Gasteiger partial charge in [-0.05, 0) is 67.3 Å². The number of aliphatic carboxylic acids is 1. The number of carboxylic acid groups (broad SMARTS) is 1. The number of phenolic OH excluding ortho intramolecular Hbond substituents is 1. The van der Waals surface area contributed by atoms with Gasteiger partial charge >= 0.3 is 12.3 Å². The molecule has 0 saturated heterocycles. The molecule has 0 bridgehead atoms. The van der Waals surface area contributed by atoms with Crippen LogP contribution in [0.2, 0.25) is 0 Å². The fourth-order valence-electron chi connectivity index (χ4n) is 3.97. The number of halogens is 3. The highest BCUT2D eigenvalue weighted by molar-refractivity contribution is 6.05. The fraction of sp³-hybridized carbons (Fsp3) is 0.333. The second kappa shape index (κ2) is 9.17. The molecule has 33 heavy (non-hydrogen) atoms. The third-order valence-corrected chi connectivity index (χ3v) is 5.76. The maximum Gasteiger partial charge on any atom is 0.573 e. The maximum absolute atomic E-state index is 13.3. The lowest BCUT2D eigenvalue weighted by molar-refractivity contribution is -0.274. The van der Waals surface area contributed by atoms with Crippen molar-refractivity contribution in [1.29, 1.82) is 0 Å². The topological polar surface area (TPSA) is 88.8 Å². The number of alkyl halides is 3. The van der Waals surface area contributed by atoms with Crippen molar-refractivity contribution >= 4 is 22.8 Å². The van der Waals surface area contributed by atoms with Crippen molar-refractivity contribution in [2.75, 3.05) is 0 Å². The number of hydrogen-bond acceptors (Lipinski definition) is 4. The number of nitrogens with zero attached hydrogens (tertiary/aromatic N) is 1. The van der Waals surface area contributed by atoms with Crippen molar-refractivity contribution in [1.82, 2.24) is 4.57 Å². The summed E-state index contributed by atoms with van der Waals surface area (Å²) < 4.78 is 42.4. The first kappa shape index (κ1) is 24.2. The van der Waals surface area contributed by atoms with Crippen LogP contribution in [0.4, 0.5) is 13.2 Å². The smallest absolute Gasteiger partial charge is 0.508 e. The second-order valence-electron chi connectivity index (χ2n) is 8.05. The van der Waals surface area contributed by atoms with E-state index in [4.69, 9.17) is 0 Å². The average molecular weight is 463 g/mol. The molecule has 1 heterocycles. The zero-order valence-electron chi connectivity index (χ0n) is 18.3. The van der Waals surface area contributed by atoms with E-state index in [0.717, 1.165) is 18.6 Å². The van der Waals surface area contributed by atoms with E-state index >= 15 is 0 Å². The summed E-state index contributed by atoms with van der Waals surface area (Å²) in [5.41, 5.74) is 1.32. The summed E-state index contributed by atoms with van der Waals surface area (Å²) in [4.78, 5) is 25.5. The van der Waals surface area contributed by atoms with Gasteiger partial charge in [0.1, 0.15) is 11.5 Å². The zero-order chi connectivity index (χ0) is 24.5. The van der Waals surface area contributed by atoms with E-state index in [-0.39, 0.29) is 17.2 Å². The lowest BCUT2D eigenvalue weighted by Crippen LogP contribution is -2.18. The van der Waals surface area contributed by atoms with Crippen LogP contribution in [-0.4, -0.2) is 33.0 Å². The van der Waals surface area contributed by atoms with Gasteiger partial charge in [0.05, 0.1) is 11.4 Å². The molecule has 0 radical (unpaired) electrons. The second-order valence-corrected chi connectivity index (χ2v) is 8.05. The molecule has 0 fully saturated rings. The third kappa shape index (κ3) is 5.13. The summed E-state index contributed by atoms with van der Waals surface area (Å²) in [6, 6.07) is 8.83. The molecule has 176 valence electrons. The highest BCUT2D eigenvalue weighted by atomic mass is 19.4. The monoisotopic (exact) mass is 463 g/mol. The molecule has 2 atom stereocenters. The molecule has 0 aliphatic heterocycles. The first-order chi connectivity index (χ1) is 15.4. The lowest BCUT2D eigenvalue weighted by atomic mass is 9.87. The van der Waals surface area contributed by atoms with Crippen LogP contribution in [0.3, 0.4) is 0 Å². The highest BCUT2D eigenvalue weighted by Gasteiger charge is 2.32. The fourth-order valence-corrected chi connectivity index (χ4v) is 3.97. The predicted molar refractivity (Wildman–Crippen MR) is 116 cm³/mol. The maximum atomic E-state index is 13.3. The van der Waals surface area contributed by atoms with Crippen molar-refractivity contribution in [2.24, 2.45) is 5.92 Å². The molecule has 0 saturated carbocycles. The van der Waals surface area contributed by atoms with Crippen molar-refractivity contribution < 1.29 is 37.7 Å². The Morgan fingerprint density at radius 2 is 1.76 bits per heavy atom. The molecule has 0 aliphatic carbocycles. The van der Waals surface area contributed by atoms with Gasteiger partial charge in [-0.3, -0.25) is 14.2 Å². The van der Waals surface area contributed by atoms with Crippen LogP contribution >= 0.6 is 0 Å². The highest BCUT2D eigenvalue weighted by Crippen LogP contribution is 2.38. The Balaban J connectivity index is 2.13. The quantitative estimate of drug-likeness (QED) is 0.459. The van der Waals surface area contributed by atoms with Crippen LogP contribution in [0, 0.1) is 12.8 Å². The third-order valence-electron chi connectivity index (χ3n) is 5.76. The molecule has 0 spiro atoms. The summed E-state index contributed by atoms with van der Waals surface area (Å²) in [7, 11) is 0. The van der Waals surface area contributed by atoms with Crippen LogP contribution in [0.1, 0.15) is 54.2 Å². The molecule has 0 aliphatic rings. The number of ether oxygens (including phenoxy) is 1. The largest absolute Gasteiger partial charge is 0.573 e. The summed E-state index contributed by atoms with van der Waals surface area (Å²) in [5, 5.41) is 20.4. The Morgan fingerprint density at radius 3 is 2.30 bits per heavy atom. The molecular formula is C24H24F3NO5. The molecule has 1 aromatic heterocycles. The molecule has 2 aromatic carbocycles. The molecule has 3 rings (SSSR count). The van der Waals surface area contributed by atoms with E-state index < -0.39 is 29.9 Å². The Morgan fingerprint density at radius 1 is 1.12 bits per heavy atom. The minimum Gasteiger partial charge on any atom is -0.508 e. The minimum atomic E-state index is -4.85. The summed E-state index contributed by atoms with van der Waals surface area (Å²) in [5.74, 6) is -2.91. The van der Waals surface area contributed by atoms with Gasteiger partial charge in [-0.1, -0.05) is 20.3 Å². The van der Waals surface area contributed by atoms with Crippen molar-refractivity contribution in [3.63, 3.8) is 0 Å². The molecular weight excluding hydrogens is 439 g/mol. The molecule has 1 unspecified atom stereocenters. The number of aromatic nitrogens is 1. The van der Waals surface area contributed by atoms with E-state index in [0.29, 0.717) is 28.6 Å². The van der Waals surface area contributed by atoms with Crippen molar-refractivity contribution in [3.8, 4) is 11.5 Å². The summed E-state index contributed by atoms with van der Waals surface area (Å²) in [6.45, 7) is 5.52. The number of rotatable bonds is 7. The number of carbonyl (C=O) groups is 2. The van der Waals surface area contributed by atoms with Crippen LogP contribution in [0.5, 0.6) is 11.5 Å². The van der Waals surface area contributed by atoms with Gasteiger partial charge in [-0.25, -0.2) is 0 Å². The Kier molecular flexibility index (Phi) is 6.71. The molecule has 3 aromatic rings. The number of phenols is 1. The van der Waals surface area contributed by atoms with E-state index in [1.807, 2.05) is 13.8 Å².